The number of amides is 2. The van der Waals surface area contributed by atoms with Crippen LogP contribution < -0.4 is 32.5 Å². The number of nitrogens with two attached hydrogens (primary N) is 1. The number of Topliss-reactive ketones (excluding diaryl/α,β-unsaturated/α-hetero) is 1. The summed E-state index contributed by atoms with van der Waals surface area (Å²) in [4.78, 5) is 65.7. The van der Waals surface area contributed by atoms with E-state index in [0.717, 1.165) is 38.5 Å². The molecule has 5 N–H and O–H groups in total. The number of anilines is 2. The molecule has 5 aromatic rings. The monoisotopic (exact) mass is 609 g/mol. The summed E-state index contributed by atoms with van der Waals surface area (Å²) in [5.74, 6) is -2.01. The van der Waals surface area contributed by atoms with Crippen molar-refractivity contribution in [2.24, 2.45) is 0 Å². The fraction of sp³-hybridized carbons (Fsp3) is 0.219. The SMILES string of the molecule is CC(=O)c1ccc2c(c1C)CC[C@@H]2NC(=O)c1cc(C(=O)NCc2cccc(CNc3c(N)c(=O)c3=O)c2)nc2c(F)cnn12. The highest BCUT2D eigenvalue weighted by Crippen LogP contribution is 2.35. The summed E-state index contributed by atoms with van der Waals surface area (Å²) in [5.41, 5.74) is 8.64. The van der Waals surface area contributed by atoms with Gasteiger partial charge in [-0.25, -0.2) is 13.9 Å². The Morgan fingerprint density at radius 2 is 1.80 bits per heavy atom. The molecule has 0 spiro atoms. The molecule has 13 heteroatoms. The number of nitrogens with one attached hydrogen (secondary N) is 3. The van der Waals surface area contributed by atoms with Crippen molar-refractivity contribution in [1.82, 2.24) is 25.2 Å². The van der Waals surface area contributed by atoms with Gasteiger partial charge in [-0.2, -0.15) is 5.10 Å². The zero-order chi connectivity index (χ0) is 32.0. The first-order chi connectivity index (χ1) is 21.5. The summed E-state index contributed by atoms with van der Waals surface area (Å²) in [7, 11) is 0. The number of halogens is 1. The number of carbonyl (C=O) groups excluding carboxylic acids is 3. The minimum atomic E-state index is -0.792. The van der Waals surface area contributed by atoms with E-state index in [2.05, 4.69) is 26.0 Å². The normalized spacial score (nSPS) is 14.0. The fourth-order valence-corrected chi connectivity index (χ4v) is 5.76. The average molecular weight is 610 g/mol. The van der Waals surface area contributed by atoms with E-state index in [1.807, 2.05) is 13.0 Å². The minimum absolute atomic E-state index is 0.0259. The average Bonchev–Trinajstić information content (AvgIpc) is 3.62. The summed E-state index contributed by atoms with van der Waals surface area (Å²) in [5, 5.41) is 12.5. The molecule has 1 aliphatic rings. The van der Waals surface area contributed by atoms with Crippen molar-refractivity contribution >= 4 is 34.6 Å². The Morgan fingerprint density at radius 1 is 1.04 bits per heavy atom. The largest absolute Gasteiger partial charge is 0.394 e. The van der Waals surface area contributed by atoms with Crippen molar-refractivity contribution in [3.8, 4) is 0 Å². The van der Waals surface area contributed by atoms with Crippen LogP contribution in [0.15, 0.2) is 58.3 Å². The van der Waals surface area contributed by atoms with Crippen LogP contribution in [0.4, 0.5) is 15.8 Å². The molecule has 3 aromatic carbocycles. The Bertz CT molecular complexity index is 2110. The lowest BCUT2D eigenvalue weighted by molar-refractivity contribution is 0.0927. The second-order valence-corrected chi connectivity index (χ2v) is 11.0. The molecule has 6 rings (SSSR count). The number of ketones is 1. The third-order valence-corrected chi connectivity index (χ3v) is 8.13. The van der Waals surface area contributed by atoms with E-state index in [9.17, 15) is 28.4 Å². The first-order valence-electron chi connectivity index (χ1n) is 14.2. The van der Waals surface area contributed by atoms with Crippen LogP contribution in [0, 0.1) is 12.7 Å². The van der Waals surface area contributed by atoms with Crippen LogP contribution >= 0.6 is 0 Å². The highest BCUT2D eigenvalue weighted by molar-refractivity contribution is 5.99. The Morgan fingerprint density at radius 3 is 2.53 bits per heavy atom. The van der Waals surface area contributed by atoms with Crippen LogP contribution in [0.3, 0.4) is 0 Å². The second-order valence-electron chi connectivity index (χ2n) is 11.0. The van der Waals surface area contributed by atoms with Crippen LogP contribution in [-0.2, 0) is 19.5 Å². The van der Waals surface area contributed by atoms with Gasteiger partial charge in [0.05, 0.1) is 12.2 Å². The van der Waals surface area contributed by atoms with Crippen LogP contribution in [0.1, 0.15) is 78.5 Å². The summed E-state index contributed by atoms with van der Waals surface area (Å²) < 4.78 is 15.7. The fourth-order valence-electron chi connectivity index (χ4n) is 5.76. The van der Waals surface area contributed by atoms with Gasteiger partial charge in [0.1, 0.15) is 22.8 Å². The Kier molecular flexibility index (Phi) is 7.44. The number of benzene rings is 2. The molecular weight excluding hydrogens is 581 g/mol. The topological polar surface area (TPSA) is 178 Å². The van der Waals surface area contributed by atoms with Crippen molar-refractivity contribution in [3.63, 3.8) is 0 Å². The van der Waals surface area contributed by atoms with Crippen molar-refractivity contribution in [1.29, 1.82) is 0 Å². The lowest BCUT2D eigenvalue weighted by Gasteiger charge is -2.16. The third kappa shape index (κ3) is 5.32. The van der Waals surface area contributed by atoms with Crippen LogP contribution in [0.5, 0.6) is 0 Å². The first kappa shape index (κ1) is 29.4. The molecule has 0 fully saturated rings. The van der Waals surface area contributed by atoms with E-state index in [0.29, 0.717) is 18.4 Å². The summed E-state index contributed by atoms with van der Waals surface area (Å²) in [6.07, 6.45) is 2.23. The number of hydrogen-bond acceptors (Lipinski definition) is 9. The van der Waals surface area contributed by atoms with Gasteiger partial charge in [-0.05, 0) is 54.5 Å². The predicted molar refractivity (Wildman–Crippen MR) is 163 cm³/mol. The molecule has 0 aliphatic heterocycles. The maximum Gasteiger partial charge on any atom is 0.270 e. The third-order valence-electron chi connectivity index (χ3n) is 8.13. The number of aromatic nitrogens is 3. The second kappa shape index (κ2) is 11.4. The van der Waals surface area contributed by atoms with E-state index < -0.39 is 28.5 Å². The van der Waals surface area contributed by atoms with Crippen molar-refractivity contribution < 1.29 is 18.8 Å². The van der Waals surface area contributed by atoms with E-state index in [-0.39, 0.29) is 53.3 Å². The zero-order valence-electron chi connectivity index (χ0n) is 24.4. The summed E-state index contributed by atoms with van der Waals surface area (Å²) in [6.45, 7) is 3.73. The molecule has 228 valence electrons. The van der Waals surface area contributed by atoms with Crippen LogP contribution in [0.2, 0.25) is 0 Å². The maximum absolute atomic E-state index is 14.6. The van der Waals surface area contributed by atoms with Gasteiger partial charge in [-0.1, -0.05) is 36.4 Å². The van der Waals surface area contributed by atoms with Crippen molar-refractivity contribution in [2.75, 3.05) is 11.1 Å². The minimum Gasteiger partial charge on any atom is -0.394 e. The van der Waals surface area contributed by atoms with Gasteiger partial charge < -0.3 is 21.7 Å². The molecule has 2 heterocycles. The number of carbonyl (C=O) groups is 3. The molecule has 0 radical (unpaired) electrons. The van der Waals surface area contributed by atoms with Crippen molar-refractivity contribution in [3.05, 3.63) is 120 Å². The molecule has 45 heavy (non-hydrogen) atoms. The number of hydrogen-bond donors (Lipinski definition) is 4. The molecular formula is C32H28FN7O5. The smallest absolute Gasteiger partial charge is 0.270 e. The first-order valence-corrected chi connectivity index (χ1v) is 14.2. The molecule has 1 atom stereocenters. The van der Waals surface area contributed by atoms with E-state index in [1.165, 1.54) is 13.0 Å². The molecule has 12 nitrogen and oxygen atoms in total. The van der Waals surface area contributed by atoms with Gasteiger partial charge >= 0.3 is 0 Å². The Labute approximate surface area is 255 Å². The zero-order valence-corrected chi connectivity index (χ0v) is 24.4. The molecule has 0 unspecified atom stereocenters. The molecule has 0 saturated heterocycles. The van der Waals surface area contributed by atoms with Gasteiger partial charge in [-0.15, -0.1) is 0 Å². The van der Waals surface area contributed by atoms with Gasteiger partial charge in [0.2, 0.25) is 0 Å². The van der Waals surface area contributed by atoms with Crippen LogP contribution in [-0.4, -0.2) is 32.2 Å². The molecule has 0 bridgehead atoms. The highest BCUT2D eigenvalue weighted by atomic mass is 19.1. The summed E-state index contributed by atoms with van der Waals surface area (Å²) >= 11 is 0. The lowest BCUT2D eigenvalue weighted by atomic mass is 9.96. The number of fused-ring (bicyclic) bond motifs is 2. The number of nitrogen functional groups attached to an aromatic ring is 1. The van der Waals surface area contributed by atoms with E-state index >= 15 is 0 Å². The summed E-state index contributed by atoms with van der Waals surface area (Å²) in [6, 6.07) is 11.7. The predicted octanol–water partition coefficient (Wildman–Crippen LogP) is 2.52. The van der Waals surface area contributed by atoms with Gasteiger partial charge in [0, 0.05) is 24.7 Å². The number of rotatable bonds is 9. The van der Waals surface area contributed by atoms with E-state index in [4.69, 9.17) is 5.73 Å². The quantitative estimate of drug-likeness (QED) is 0.144. The Hall–Kier alpha value is -5.72. The number of nitrogens with zero attached hydrogens (tertiary/aromatic N) is 3. The standard InChI is InChI=1S/C32H28FN7O5/c1-15-19(16(2)41)6-7-21-20(15)8-9-23(21)39-32(45)25-11-24(38-30-22(33)14-37-40(25)30)31(44)36-13-18-5-3-4-17(10-18)12-35-27-26(34)28(42)29(27)43/h3-7,10-11,14,23,35H,8-9,12-13,34H2,1-2H3,(H,36,44)(H,39,45)/t23-/m0/s1. The molecule has 2 amide bonds. The molecule has 0 saturated carbocycles. The van der Waals surface area contributed by atoms with Gasteiger partial charge in [-0.3, -0.25) is 24.0 Å². The van der Waals surface area contributed by atoms with Gasteiger partial charge in [0.25, 0.3) is 22.7 Å². The highest BCUT2D eigenvalue weighted by Gasteiger charge is 2.29. The maximum atomic E-state index is 14.6. The van der Waals surface area contributed by atoms with Gasteiger partial charge in [0.15, 0.2) is 17.2 Å². The van der Waals surface area contributed by atoms with Crippen LogP contribution in [0.25, 0.3) is 5.65 Å². The lowest BCUT2D eigenvalue weighted by Crippen LogP contribution is -2.36. The van der Waals surface area contributed by atoms with Crippen molar-refractivity contribution in [2.45, 2.75) is 45.8 Å². The Balaban J connectivity index is 1.18. The molecule has 2 aromatic heterocycles. The van der Waals surface area contributed by atoms with E-state index in [1.54, 1.807) is 30.3 Å². The molecule has 1 aliphatic carbocycles.